The van der Waals surface area contributed by atoms with E-state index >= 15 is 0 Å². The van der Waals surface area contributed by atoms with E-state index in [-0.39, 0.29) is 29.7 Å². The van der Waals surface area contributed by atoms with Crippen LogP contribution in [-0.4, -0.2) is 53.6 Å². The molecule has 7 rings (SSSR count). The Kier molecular flexibility index (Phi) is 7.64. The van der Waals surface area contributed by atoms with Crippen molar-refractivity contribution in [1.82, 2.24) is 15.2 Å². The first-order valence-electron chi connectivity index (χ1n) is 13.9. The molecule has 8 bridgehead atoms. The topological polar surface area (TPSA) is 110 Å². The molecule has 4 heterocycles. The minimum atomic E-state index is -0.400. The molecule has 214 valence electrons. The average Bonchev–Trinajstić information content (AvgIpc) is 3.01. The van der Waals surface area contributed by atoms with Gasteiger partial charge < -0.3 is 29.5 Å². The maximum atomic E-state index is 13.7. The number of rotatable bonds is 3. The van der Waals surface area contributed by atoms with Gasteiger partial charge in [-0.15, -0.1) is 0 Å². The molecule has 9 heteroatoms. The molecule has 1 atom stereocenters. The number of nitrogens with zero attached hydrogens (tertiary/aromatic N) is 2. The molecule has 0 saturated heterocycles. The predicted molar refractivity (Wildman–Crippen MR) is 155 cm³/mol. The number of aromatic hydroxyl groups is 1. The lowest BCUT2D eigenvalue weighted by Crippen LogP contribution is -2.41. The van der Waals surface area contributed by atoms with Gasteiger partial charge in [-0.2, -0.15) is 0 Å². The van der Waals surface area contributed by atoms with Crippen LogP contribution in [0.25, 0.3) is 0 Å². The second kappa shape index (κ2) is 11.8. The van der Waals surface area contributed by atoms with Gasteiger partial charge in [-0.05, 0) is 83.6 Å². The van der Waals surface area contributed by atoms with Crippen LogP contribution in [0, 0.1) is 0 Å². The standard InChI is InChI=1S/C33H31N3O6/c1-40-29-10-5-23-18-30(29)41-15-3-13-35-33(39)27-19-25(7-9-28(27)37)42-24-6-8-26-22(17-24)11-14-36(32(23)26)31(38)16-21-4-2-12-34-20-21/h2,4-10,12,17-20,32,37H,3,11,13-16H2,1H3,(H,35,39). The number of nitrogens with one attached hydrogen (secondary N) is 1. The zero-order chi connectivity index (χ0) is 29.1. The second-order valence-corrected chi connectivity index (χ2v) is 10.3. The molecule has 3 aliphatic rings. The molecule has 3 aromatic carbocycles. The van der Waals surface area contributed by atoms with E-state index in [2.05, 4.69) is 10.3 Å². The molecular formula is C33H31N3O6. The molecule has 0 fully saturated rings. The number of fused-ring (bicyclic) bond motifs is 6. The SMILES string of the molecule is COc1ccc2cc1OCCCNC(=O)c1cc(ccc1O)Oc1ccc3c(c1)CCN(C(=O)Cc1cccnc1)C23. The summed E-state index contributed by atoms with van der Waals surface area (Å²) in [6.07, 6.45) is 4.84. The third-order valence-corrected chi connectivity index (χ3v) is 7.56. The molecule has 2 N–H and O–H groups in total. The Hall–Kier alpha value is -5.05. The van der Waals surface area contributed by atoms with Gasteiger partial charge in [0.05, 0.1) is 31.7 Å². The van der Waals surface area contributed by atoms with Crippen molar-refractivity contribution in [2.75, 3.05) is 26.8 Å². The number of methoxy groups -OCH3 is 1. The molecule has 42 heavy (non-hydrogen) atoms. The number of ether oxygens (including phenoxy) is 3. The summed E-state index contributed by atoms with van der Waals surface area (Å²) in [4.78, 5) is 32.6. The highest BCUT2D eigenvalue weighted by Crippen LogP contribution is 2.41. The van der Waals surface area contributed by atoms with Gasteiger partial charge in [-0.25, -0.2) is 0 Å². The zero-order valence-corrected chi connectivity index (χ0v) is 23.2. The highest BCUT2D eigenvalue weighted by molar-refractivity contribution is 5.97. The van der Waals surface area contributed by atoms with Crippen molar-refractivity contribution >= 4 is 11.8 Å². The lowest BCUT2D eigenvalue weighted by molar-refractivity contribution is -0.132. The summed E-state index contributed by atoms with van der Waals surface area (Å²) in [5.41, 5.74) is 3.94. The fourth-order valence-corrected chi connectivity index (χ4v) is 5.50. The number of carbonyl (C=O) groups excluding carboxylic acids is 2. The van der Waals surface area contributed by atoms with Crippen molar-refractivity contribution in [3.63, 3.8) is 0 Å². The van der Waals surface area contributed by atoms with E-state index in [1.54, 1.807) is 25.6 Å². The average molecular weight is 566 g/mol. The van der Waals surface area contributed by atoms with Gasteiger partial charge in [0.2, 0.25) is 5.91 Å². The van der Waals surface area contributed by atoms with Crippen LogP contribution in [0.2, 0.25) is 0 Å². The van der Waals surface area contributed by atoms with E-state index in [9.17, 15) is 14.7 Å². The summed E-state index contributed by atoms with van der Waals surface area (Å²) in [6, 6.07) is 19.6. The van der Waals surface area contributed by atoms with Crippen molar-refractivity contribution in [3.8, 4) is 28.7 Å². The number of phenols is 1. The highest BCUT2D eigenvalue weighted by atomic mass is 16.5. The van der Waals surface area contributed by atoms with Crippen molar-refractivity contribution in [2.45, 2.75) is 25.3 Å². The van der Waals surface area contributed by atoms with Crippen molar-refractivity contribution < 1.29 is 28.9 Å². The van der Waals surface area contributed by atoms with E-state index in [4.69, 9.17) is 14.2 Å². The Balaban J connectivity index is 1.42. The molecule has 0 radical (unpaired) electrons. The van der Waals surface area contributed by atoms with Crippen LogP contribution in [0.15, 0.2) is 79.1 Å². The third kappa shape index (κ3) is 5.58. The maximum Gasteiger partial charge on any atom is 0.255 e. The normalized spacial score (nSPS) is 16.4. The largest absolute Gasteiger partial charge is 0.507 e. The molecule has 0 spiro atoms. The molecule has 0 saturated carbocycles. The number of carbonyl (C=O) groups is 2. The lowest BCUT2D eigenvalue weighted by atomic mass is 9.87. The summed E-state index contributed by atoms with van der Waals surface area (Å²) in [5.74, 6) is 1.64. The van der Waals surface area contributed by atoms with Crippen LogP contribution in [0.5, 0.6) is 28.7 Å². The van der Waals surface area contributed by atoms with E-state index in [0.717, 1.165) is 22.3 Å². The van der Waals surface area contributed by atoms with Gasteiger partial charge >= 0.3 is 0 Å². The van der Waals surface area contributed by atoms with Gasteiger partial charge in [0.15, 0.2) is 11.5 Å². The second-order valence-electron chi connectivity index (χ2n) is 10.3. The lowest BCUT2D eigenvalue weighted by Gasteiger charge is -2.38. The summed E-state index contributed by atoms with van der Waals surface area (Å²) < 4.78 is 17.8. The Morgan fingerprint density at radius 3 is 2.81 bits per heavy atom. The van der Waals surface area contributed by atoms with Crippen molar-refractivity contribution in [2.24, 2.45) is 0 Å². The quantitative estimate of drug-likeness (QED) is 0.367. The predicted octanol–water partition coefficient (Wildman–Crippen LogP) is 4.82. The molecule has 0 aliphatic carbocycles. The van der Waals surface area contributed by atoms with E-state index < -0.39 is 5.91 Å². The number of hydrogen-bond donors (Lipinski definition) is 2. The van der Waals surface area contributed by atoms with Gasteiger partial charge in [-0.1, -0.05) is 18.2 Å². The summed E-state index contributed by atoms with van der Waals surface area (Å²) in [6.45, 7) is 1.18. The molecular weight excluding hydrogens is 534 g/mol. The molecule has 1 unspecified atom stereocenters. The Bertz CT molecular complexity index is 1620. The summed E-state index contributed by atoms with van der Waals surface area (Å²) in [7, 11) is 1.59. The van der Waals surface area contributed by atoms with Crippen LogP contribution in [0.1, 0.15) is 45.1 Å². The van der Waals surface area contributed by atoms with E-state index in [1.807, 2.05) is 53.4 Å². The smallest absolute Gasteiger partial charge is 0.255 e. The monoisotopic (exact) mass is 565 g/mol. The van der Waals surface area contributed by atoms with Crippen molar-refractivity contribution in [3.05, 3.63) is 107 Å². The van der Waals surface area contributed by atoms with E-state index in [1.165, 1.54) is 12.1 Å². The first kappa shape index (κ1) is 27.1. The number of amides is 2. The number of benzene rings is 3. The first-order chi connectivity index (χ1) is 20.5. The van der Waals surface area contributed by atoms with Gasteiger partial charge in [0.1, 0.15) is 17.2 Å². The Morgan fingerprint density at radius 2 is 1.98 bits per heavy atom. The Labute approximate surface area is 243 Å². The molecule has 3 aliphatic heterocycles. The third-order valence-electron chi connectivity index (χ3n) is 7.56. The Morgan fingerprint density at radius 1 is 1.12 bits per heavy atom. The van der Waals surface area contributed by atoms with Gasteiger partial charge in [0, 0.05) is 25.5 Å². The van der Waals surface area contributed by atoms with E-state index in [0.29, 0.717) is 55.5 Å². The number of hydrogen-bond acceptors (Lipinski definition) is 7. The molecule has 9 nitrogen and oxygen atoms in total. The van der Waals surface area contributed by atoms with Crippen LogP contribution < -0.4 is 19.5 Å². The fourth-order valence-electron chi connectivity index (χ4n) is 5.50. The van der Waals surface area contributed by atoms with Crippen LogP contribution >= 0.6 is 0 Å². The minimum Gasteiger partial charge on any atom is -0.507 e. The number of phenolic OH excluding ortho intramolecular Hbond substituents is 1. The van der Waals surface area contributed by atoms with Crippen LogP contribution in [0.3, 0.4) is 0 Å². The molecule has 4 aromatic rings. The maximum absolute atomic E-state index is 13.7. The van der Waals surface area contributed by atoms with Crippen LogP contribution in [-0.2, 0) is 17.6 Å². The fraction of sp³-hybridized carbons (Fsp3) is 0.242. The molecule has 2 amide bonds. The molecule has 1 aromatic heterocycles. The minimum absolute atomic E-state index is 0.00627. The van der Waals surface area contributed by atoms with Gasteiger partial charge in [-0.3, -0.25) is 14.6 Å². The highest BCUT2D eigenvalue weighted by Gasteiger charge is 2.33. The first-order valence-corrected chi connectivity index (χ1v) is 13.9. The zero-order valence-electron chi connectivity index (χ0n) is 23.2. The number of pyridine rings is 1. The number of aromatic nitrogens is 1. The van der Waals surface area contributed by atoms with Gasteiger partial charge in [0.25, 0.3) is 5.91 Å². The summed E-state index contributed by atoms with van der Waals surface area (Å²) in [5, 5.41) is 13.1. The van der Waals surface area contributed by atoms with Crippen molar-refractivity contribution in [1.29, 1.82) is 0 Å². The van der Waals surface area contributed by atoms with Crippen LogP contribution in [0.4, 0.5) is 0 Å². The summed E-state index contributed by atoms with van der Waals surface area (Å²) >= 11 is 0.